The molecule has 0 aliphatic rings. The highest BCUT2D eigenvalue weighted by atomic mass is 32.1. The number of rotatable bonds is 4. The molecule has 0 atom stereocenters. The third kappa shape index (κ3) is 3.80. The summed E-state index contributed by atoms with van der Waals surface area (Å²) in [6, 6.07) is 8.21. The number of benzene rings is 1. The number of aromatic nitrogens is 1. The Morgan fingerprint density at radius 3 is 2.58 bits per heavy atom. The monoisotopic (exact) mass is 275 g/mol. The average molecular weight is 275 g/mol. The number of hydrogen-bond donors (Lipinski definition) is 0. The van der Waals surface area contributed by atoms with Crippen LogP contribution >= 0.6 is 11.5 Å². The highest BCUT2D eigenvalue weighted by molar-refractivity contribution is 7.09. The highest BCUT2D eigenvalue weighted by Gasteiger charge is 2.13. The SMILES string of the molecule is Cc1cnsc1-c1ccccc1OCCC(C)(C)C. The summed E-state index contributed by atoms with van der Waals surface area (Å²) < 4.78 is 10.2. The molecule has 0 aliphatic heterocycles. The van der Waals surface area contributed by atoms with E-state index in [-0.39, 0.29) is 0 Å². The van der Waals surface area contributed by atoms with Crippen molar-refractivity contribution in [3.8, 4) is 16.2 Å². The van der Waals surface area contributed by atoms with Gasteiger partial charge in [0, 0.05) is 11.8 Å². The minimum Gasteiger partial charge on any atom is -0.493 e. The molecule has 0 spiro atoms. The van der Waals surface area contributed by atoms with Crippen molar-refractivity contribution in [2.45, 2.75) is 34.1 Å². The van der Waals surface area contributed by atoms with Crippen LogP contribution in [0.25, 0.3) is 10.4 Å². The Hall–Kier alpha value is -1.35. The van der Waals surface area contributed by atoms with Gasteiger partial charge in [-0.25, -0.2) is 4.37 Å². The maximum Gasteiger partial charge on any atom is 0.127 e. The van der Waals surface area contributed by atoms with Crippen molar-refractivity contribution < 1.29 is 4.74 Å². The first kappa shape index (κ1) is 14.1. The summed E-state index contributed by atoms with van der Waals surface area (Å²) in [5, 5.41) is 0. The van der Waals surface area contributed by atoms with Gasteiger partial charge in [0.1, 0.15) is 5.75 Å². The van der Waals surface area contributed by atoms with Crippen LogP contribution in [0.15, 0.2) is 30.5 Å². The van der Waals surface area contributed by atoms with Crippen molar-refractivity contribution >= 4 is 11.5 Å². The molecule has 1 aromatic heterocycles. The fourth-order valence-electron chi connectivity index (χ4n) is 1.80. The van der Waals surface area contributed by atoms with Crippen LogP contribution in [0.5, 0.6) is 5.75 Å². The van der Waals surface area contributed by atoms with Crippen molar-refractivity contribution in [2.75, 3.05) is 6.61 Å². The van der Waals surface area contributed by atoms with Crippen LogP contribution in [-0.2, 0) is 0 Å². The zero-order valence-corrected chi connectivity index (χ0v) is 12.9. The van der Waals surface area contributed by atoms with Crippen molar-refractivity contribution in [3.05, 3.63) is 36.0 Å². The van der Waals surface area contributed by atoms with Crippen molar-refractivity contribution in [1.29, 1.82) is 0 Å². The summed E-state index contributed by atoms with van der Waals surface area (Å²) in [5.74, 6) is 0.958. The molecule has 0 saturated carbocycles. The van der Waals surface area contributed by atoms with E-state index in [1.165, 1.54) is 22.0 Å². The van der Waals surface area contributed by atoms with Crippen molar-refractivity contribution in [1.82, 2.24) is 4.37 Å². The molecule has 0 aliphatic carbocycles. The van der Waals surface area contributed by atoms with Gasteiger partial charge in [-0.1, -0.05) is 32.9 Å². The third-order valence-corrected chi connectivity index (χ3v) is 3.93. The Kier molecular flexibility index (Phi) is 4.25. The van der Waals surface area contributed by atoms with Crippen LogP contribution in [0, 0.1) is 12.3 Å². The number of hydrogen-bond acceptors (Lipinski definition) is 3. The van der Waals surface area contributed by atoms with Gasteiger partial charge in [0.2, 0.25) is 0 Å². The van der Waals surface area contributed by atoms with Crippen LogP contribution in [0.1, 0.15) is 32.8 Å². The molecule has 0 unspecified atom stereocenters. The Morgan fingerprint density at radius 2 is 1.95 bits per heavy atom. The molecule has 0 amide bonds. The van der Waals surface area contributed by atoms with Crippen molar-refractivity contribution in [2.24, 2.45) is 5.41 Å². The first-order chi connectivity index (χ1) is 8.97. The molecule has 2 rings (SSSR count). The quantitative estimate of drug-likeness (QED) is 0.789. The first-order valence-corrected chi connectivity index (χ1v) is 7.38. The largest absolute Gasteiger partial charge is 0.493 e. The molecule has 0 fully saturated rings. The van der Waals surface area contributed by atoms with Crippen LogP contribution < -0.4 is 4.74 Å². The van der Waals surface area contributed by atoms with E-state index in [2.05, 4.69) is 38.1 Å². The van der Waals surface area contributed by atoms with Gasteiger partial charge in [-0.05, 0) is 48.0 Å². The minimum atomic E-state index is 0.301. The van der Waals surface area contributed by atoms with Gasteiger partial charge in [-0.2, -0.15) is 0 Å². The Bertz CT molecular complexity index is 540. The molecule has 1 aromatic carbocycles. The molecule has 0 saturated heterocycles. The fourth-order valence-corrected chi connectivity index (χ4v) is 2.58. The summed E-state index contributed by atoms with van der Waals surface area (Å²) in [5.41, 5.74) is 2.66. The smallest absolute Gasteiger partial charge is 0.127 e. The number of ether oxygens (including phenoxy) is 1. The Balaban J connectivity index is 2.16. The lowest BCUT2D eigenvalue weighted by Gasteiger charge is -2.19. The maximum absolute atomic E-state index is 5.97. The van der Waals surface area contributed by atoms with Gasteiger partial charge in [0.15, 0.2) is 0 Å². The van der Waals surface area contributed by atoms with E-state index in [1.54, 1.807) is 0 Å². The van der Waals surface area contributed by atoms with E-state index < -0.39 is 0 Å². The lowest BCUT2D eigenvalue weighted by Crippen LogP contribution is -2.11. The van der Waals surface area contributed by atoms with Crippen LogP contribution in [-0.4, -0.2) is 11.0 Å². The van der Waals surface area contributed by atoms with E-state index in [1.807, 2.05) is 24.4 Å². The molecule has 3 heteroatoms. The highest BCUT2D eigenvalue weighted by Crippen LogP contribution is 2.35. The van der Waals surface area contributed by atoms with Crippen molar-refractivity contribution in [3.63, 3.8) is 0 Å². The summed E-state index contributed by atoms with van der Waals surface area (Å²) in [6.45, 7) is 9.53. The first-order valence-electron chi connectivity index (χ1n) is 6.61. The van der Waals surface area contributed by atoms with Crippen LogP contribution in [0.4, 0.5) is 0 Å². The van der Waals surface area contributed by atoms with Gasteiger partial charge in [-0.3, -0.25) is 0 Å². The van der Waals surface area contributed by atoms with E-state index >= 15 is 0 Å². The zero-order chi connectivity index (χ0) is 13.9. The summed E-state index contributed by atoms with van der Waals surface area (Å²) in [7, 11) is 0. The van der Waals surface area contributed by atoms with E-state index in [9.17, 15) is 0 Å². The molecule has 102 valence electrons. The molecule has 19 heavy (non-hydrogen) atoms. The van der Waals surface area contributed by atoms with Crippen LogP contribution in [0.3, 0.4) is 0 Å². The Labute approximate surface area is 119 Å². The predicted molar refractivity (Wildman–Crippen MR) is 81.9 cm³/mol. The lowest BCUT2D eigenvalue weighted by molar-refractivity contribution is 0.244. The summed E-state index contributed by atoms with van der Waals surface area (Å²) in [6.07, 6.45) is 2.95. The fraction of sp³-hybridized carbons (Fsp3) is 0.438. The van der Waals surface area contributed by atoms with E-state index in [0.717, 1.165) is 24.3 Å². The Morgan fingerprint density at radius 1 is 1.21 bits per heavy atom. The summed E-state index contributed by atoms with van der Waals surface area (Å²) >= 11 is 1.53. The second kappa shape index (κ2) is 5.74. The molecule has 2 aromatic rings. The second-order valence-electron chi connectivity index (χ2n) is 5.99. The van der Waals surface area contributed by atoms with E-state index in [0.29, 0.717) is 5.41 Å². The molecule has 0 N–H and O–H groups in total. The van der Waals surface area contributed by atoms with Gasteiger partial charge in [-0.15, -0.1) is 0 Å². The topological polar surface area (TPSA) is 22.1 Å². The van der Waals surface area contributed by atoms with Gasteiger partial charge >= 0.3 is 0 Å². The second-order valence-corrected chi connectivity index (χ2v) is 6.79. The maximum atomic E-state index is 5.97. The molecular formula is C16H21NOS. The van der Waals surface area contributed by atoms with Gasteiger partial charge in [0.25, 0.3) is 0 Å². The lowest BCUT2D eigenvalue weighted by atomic mass is 9.93. The number of para-hydroxylation sites is 1. The number of aryl methyl sites for hydroxylation is 1. The molecular weight excluding hydrogens is 254 g/mol. The van der Waals surface area contributed by atoms with Gasteiger partial charge < -0.3 is 4.74 Å². The molecule has 1 heterocycles. The third-order valence-electron chi connectivity index (χ3n) is 2.99. The molecule has 0 radical (unpaired) electrons. The number of nitrogens with zero attached hydrogens (tertiary/aromatic N) is 1. The standard InChI is InChI=1S/C16H21NOS/c1-12-11-17-19-15(12)13-7-5-6-8-14(13)18-10-9-16(2,3)4/h5-8,11H,9-10H2,1-4H3. The normalized spacial score (nSPS) is 11.6. The summed E-state index contributed by atoms with van der Waals surface area (Å²) in [4.78, 5) is 1.20. The molecule has 2 nitrogen and oxygen atoms in total. The molecule has 0 bridgehead atoms. The average Bonchev–Trinajstić information content (AvgIpc) is 2.74. The van der Waals surface area contributed by atoms with Gasteiger partial charge in [0.05, 0.1) is 11.5 Å². The zero-order valence-electron chi connectivity index (χ0n) is 12.1. The van der Waals surface area contributed by atoms with E-state index in [4.69, 9.17) is 4.74 Å². The van der Waals surface area contributed by atoms with Crippen LogP contribution in [0.2, 0.25) is 0 Å². The predicted octanol–water partition coefficient (Wildman–Crippen LogP) is 4.93. The minimum absolute atomic E-state index is 0.301.